The van der Waals surface area contributed by atoms with Gasteiger partial charge in [-0.1, -0.05) is 0 Å². The molecule has 0 aliphatic heterocycles. The van der Waals surface area contributed by atoms with Crippen LogP contribution < -0.4 is 5.32 Å². The number of nitrogens with one attached hydrogen (secondary N) is 1. The van der Waals surface area contributed by atoms with Crippen molar-refractivity contribution in [3.8, 4) is 0 Å². The van der Waals surface area contributed by atoms with E-state index in [1.165, 1.54) is 13.8 Å². The SMILES string of the molecule is CC(OC(=O)NC(=O)OC(C)c1cc(F)cc(F)c1)c1cc(F)cc(F)c1. The molecule has 0 bridgehead atoms. The zero-order valence-electron chi connectivity index (χ0n) is 14.3. The molecule has 0 heterocycles. The Morgan fingerprint density at radius 2 is 1.00 bits per heavy atom. The van der Waals surface area contributed by atoms with Crippen molar-refractivity contribution in [2.24, 2.45) is 0 Å². The highest BCUT2D eigenvalue weighted by Crippen LogP contribution is 2.21. The predicted molar refractivity (Wildman–Crippen MR) is 85.6 cm³/mol. The summed E-state index contributed by atoms with van der Waals surface area (Å²) in [5.41, 5.74) is 0.0826. The summed E-state index contributed by atoms with van der Waals surface area (Å²) in [6, 6.07) is 5.20. The topological polar surface area (TPSA) is 64.6 Å². The molecular weight excluding hydrogens is 370 g/mol. The van der Waals surface area contributed by atoms with E-state index >= 15 is 0 Å². The van der Waals surface area contributed by atoms with Gasteiger partial charge in [-0.15, -0.1) is 0 Å². The van der Waals surface area contributed by atoms with Crippen molar-refractivity contribution in [1.82, 2.24) is 5.32 Å². The second-order valence-corrected chi connectivity index (χ2v) is 5.63. The van der Waals surface area contributed by atoms with Crippen LogP contribution in [0.25, 0.3) is 0 Å². The van der Waals surface area contributed by atoms with Crippen molar-refractivity contribution in [3.05, 3.63) is 70.8 Å². The quantitative estimate of drug-likeness (QED) is 0.758. The molecule has 0 aromatic heterocycles. The van der Waals surface area contributed by atoms with Crippen molar-refractivity contribution >= 4 is 12.2 Å². The Morgan fingerprint density at radius 1 is 0.704 bits per heavy atom. The van der Waals surface area contributed by atoms with Crippen molar-refractivity contribution in [2.45, 2.75) is 26.1 Å². The van der Waals surface area contributed by atoms with Gasteiger partial charge in [0.25, 0.3) is 0 Å². The number of halogens is 4. The number of alkyl carbamates (subject to hydrolysis) is 2. The maximum absolute atomic E-state index is 13.2. The van der Waals surface area contributed by atoms with Gasteiger partial charge < -0.3 is 9.47 Å². The Kier molecular flexibility index (Phi) is 6.38. The molecule has 2 atom stereocenters. The number of carbonyl (C=O) groups excluding carboxylic acids is 2. The summed E-state index contributed by atoms with van der Waals surface area (Å²) in [4.78, 5) is 23.4. The first kappa shape index (κ1) is 20.2. The van der Waals surface area contributed by atoms with Gasteiger partial charge in [-0.25, -0.2) is 32.5 Å². The van der Waals surface area contributed by atoms with Crippen LogP contribution >= 0.6 is 0 Å². The summed E-state index contributed by atoms with van der Waals surface area (Å²) in [7, 11) is 0. The predicted octanol–water partition coefficient (Wildman–Crippen LogP) is 4.93. The molecule has 2 aromatic carbocycles. The van der Waals surface area contributed by atoms with Crippen molar-refractivity contribution in [3.63, 3.8) is 0 Å². The third-order valence-corrected chi connectivity index (χ3v) is 3.48. The fourth-order valence-electron chi connectivity index (χ4n) is 2.22. The zero-order valence-corrected chi connectivity index (χ0v) is 14.3. The molecule has 9 heteroatoms. The van der Waals surface area contributed by atoms with Gasteiger partial charge >= 0.3 is 12.2 Å². The second kappa shape index (κ2) is 8.52. The van der Waals surface area contributed by atoms with E-state index in [2.05, 4.69) is 0 Å². The molecule has 2 unspecified atom stereocenters. The molecule has 144 valence electrons. The monoisotopic (exact) mass is 385 g/mol. The molecule has 0 spiro atoms. The van der Waals surface area contributed by atoms with Gasteiger partial charge in [-0.3, -0.25) is 0 Å². The van der Waals surface area contributed by atoms with Crippen LogP contribution in [-0.2, 0) is 9.47 Å². The van der Waals surface area contributed by atoms with Gasteiger partial charge in [0.15, 0.2) is 0 Å². The Balaban J connectivity index is 1.91. The van der Waals surface area contributed by atoms with E-state index in [0.717, 1.165) is 24.3 Å². The Morgan fingerprint density at radius 3 is 1.30 bits per heavy atom. The molecule has 2 rings (SSSR count). The Labute approximate surface area is 151 Å². The summed E-state index contributed by atoms with van der Waals surface area (Å²) in [6.07, 6.45) is -4.57. The second-order valence-electron chi connectivity index (χ2n) is 5.63. The Bertz CT molecular complexity index is 749. The molecule has 2 amide bonds. The first-order valence-electron chi connectivity index (χ1n) is 7.74. The zero-order chi connectivity index (χ0) is 20.1. The molecule has 5 nitrogen and oxygen atoms in total. The van der Waals surface area contributed by atoms with Crippen LogP contribution in [0.2, 0.25) is 0 Å². The molecule has 2 aromatic rings. The average Bonchev–Trinajstić information content (AvgIpc) is 2.52. The number of ether oxygens (including phenoxy) is 2. The molecule has 0 aliphatic carbocycles. The van der Waals surface area contributed by atoms with E-state index in [1.54, 1.807) is 5.32 Å². The van der Waals surface area contributed by atoms with Crippen LogP contribution in [-0.4, -0.2) is 12.2 Å². The van der Waals surface area contributed by atoms with Gasteiger partial charge in [0.1, 0.15) is 35.5 Å². The minimum absolute atomic E-state index is 0.0413. The van der Waals surface area contributed by atoms with Gasteiger partial charge in [0.2, 0.25) is 0 Å². The number of imide groups is 1. The largest absolute Gasteiger partial charge is 0.441 e. The van der Waals surface area contributed by atoms with E-state index in [0.29, 0.717) is 12.1 Å². The summed E-state index contributed by atoms with van der Waals surface area (Å²) >= 11 is 0. The lowest BCUT2D eigenvalue weighted by atomic mass is 10.1. The highest BCUT2D eigenvalue weighted by Gasteiger charge is 2.19. The Hall–Kier alpha value is -3.10. The fraction of sp³-hybridized carbons (Fsp3) is 0.222. The molecule has 1 N–H and O–H groups in total. The van der Waals surface area contributed by atoms with Crippen molar-refractivity contribution < 1.29 is 36.6 Å². The lowest BCUT2D eigenvalue weighted by molar-refractivity contribution is 0.0856. The minimum Gasteiger partial charge on any atom is -0.441 e. The van der Waals surface area contributed by atoms with Crippen LogP contribution in [0.5, 0.6) is 0 Å². The summed E-state index contributed by atoms with van der Waals surface area (Å²) in [6.45, 7) is 2.69. The number of benzene rings is 2. The van der Waals surface area contributed by atoms with E-state index in [9.17, 15) is 27.2 Å². The van der Waals surface area contributed by atoms with Crippen molar-refractivity contribution in [2.75, 3.05) is 0 Å². The molecule has 0 fully saturated rings. The summed E-state index contributed by atoms with van der Waals surface area (Å²) < 4.78 is 62.4. The average molecular weight is 385 g/mol. The van der Waals surface area contributed by atoms with Gasteiger partial charge in [0, 0.05) is 12.1 Å². The lowest BCUT2D eigenvalue weighted by Crippen LogP contribution is -2.32. The minimum atomic E-state index is -1.23. The molecule has 27 heavy (non-hydrogen) atoms. The van der Waals surface area contributed by atoms with Gasteiger partial charge in [-0.05, 0) is 49.2 Å². The maximum Gasteiger partial charge on any atom is 0.417 e. The van der Waals surface area contributed by atoms with Crippen LogP contribution in [0.15, 0.2) is 36.4 Å². The number of amides is 2. The number of hydrogen-bond donors (Lipinski definition) is 1. The van der Waals surface area contributed by atoms with E-state index in [4.69, 9.17) is 9.47 Å². The summed E-state index contributed by atoms with van der Waals surface area (Å²) in [5.74, 6) is -3.40. The number of hydrogen-bond acceptors (Lipinski definition) is 4. The first-order valence-corrected chi connectivity index (χ1v) is 7.74. The normalized spacial score (nSPS) is 12.8. The third-order valence-electron chi connectivity index (χ3n) is 3.48. The third kappa shape index (κ3) is 5.98. The standard InChI is InChI=1S/C18H15F4NO4/c1-9(11-3-13(19)7-14(20)4-11)26-17(24)23-18(25)27-10(2)12-5-15(21)8-16(22)6-12/h3-10H,1-2H3,(H,23,24,25). The summed E-state index contributed by atoms with van der Waals surface area (Å²) in [5, 5.41) is 1.74. The molecular formula is C18H15F4NO4. The fourth-order valence-corrected chi connectivity index (χ4v) is 2.22. The van der Waals surface area contributed by atoms with Crippen LogP contribution in [0.3, 0.4) is 0 Å². The first-order chi connectivity index (χ1) is 12.6. The van der Waals surface area contributed by atoms with Gasteiger partial charge in [-0.2, -0.15) is 0 Å². The highest BCUT2D eigenvalue weighted by atomic mass is 19.1. The lowest BCUT2D eigenvalue weighted by Gasteiger charge is -2.16. The van der Waals surface area contributed by atoms with E-state index < -0.39 is 47.7 Å². The molecule has 0 aliphatic rings. The van der Waals surface area contributed by atoms with Gasteiger partial charge in [0.05, 0.1) is 0 Å². The maximum atomic E-state index is 13.2. The number of carbonyl (C=O) groups is 2. The van der Waals surface area contributed by atoms with Crippen LogP contribution in [0.1, 0.15) is 37.2 Å². The smallest absolute Gasteiger partial charge is 0.417 e. The molecule has 0 saturated heterocycles. The van der Waals surface area contributed by atoms with Crippen molar-refractivity contribution in [1.29, 1.82) is 0 Å². The highest BCUT2D eigenvalue weighted by molar-refractivity contribution is 5.87. The number of rotatable bonds is 4. The molecule has 0 radical (unpaired) electrons. The van der Waals surface area contributed by atoms with E-state index in [1.807, 2.05) is 0 Å². The molecule has 0 saturated carbocycles. The van der Waals surface area contributed by atoms with E-state index in [-0.39, 0.29) is 11.1 Å². The van der Waals surface area contributed by atoms with Crippen LogP contribution in [0, 0.1) is 23.3 Å². The van der Waals surface area contributed by atoms with Crippen LogP contribution in [0.4, 0.5) is 27.2 Å².